The molecule has 3 nitrogen and oxygen atoms in total. The second-order valence-electron chi connectivity index (χ2n) is 4.85. The average molecular weight is 270 g/mol. The average Bonchev–Trinajstić information content (AvgIpc) is 2.31. The Labute approximate surface area is 113 Å². The van der Waals surface area contributed by atoms with Crippen LogP contribution in [0.5, 0.6) is 5.75 Å². The van der Waals surface area contributed by atoms with Gasteiger partial charge in [-0.3, -0.25) is 4.79 Å². The normalized spacial score (nSPS) is 12.9. The highest BCUT2D eigenvalue weighted by molar-refractivity contribution is 6.30. The molecule has 1 amide bonds. The fourth-order valence-electron chi connectivity index (χ4n) is 1.34. The zero-order valence-electron chi connectivity index (χ0n) is 11.3. The van der Waals surface area contributed by atoms with Gasteiger partial charge in [0.15, 0.2) is 5.60 Å². The number of rotatable bonds is 5. The summed E-state index contributed by atoms with van der Waals surface area (Å²) in [5, 5.41) is 3.55. The smallest absolute Gasteiger partial charge is 0.263 e. The minimum absolute atomic E-state index is 0.119. The minimum atomic E-state index is -0.905. The van der Waals surface area contributed by atoms with Gasteiger partial charge in [-0.1, -0.05) is 18.5 Å². The third-order valence-electron chi connectivity index (χ3n) is 2.72. The van der Waals surface area contributed by atoms with Crippen LogP contribution < -0.4 is 10.1 Å². The summed E-state index contributed by atoms with van der Waals surface area (Å²) < 4.78 is 5.69. The molecule has 0 saturated heterocycles. The number of carbonyl (C=O) groups is 1. The first-order chi connectivity index (χ1) is 8.35. The van der Waals surface area contributed by atoms with Crippen molar-refractivity contribution in [2.75, 3.05) is 0 Å². The van der Waals surface area contributed by atoms with E-state index in [-0.39, 0.29) is 11.9 Å². The van der Waals surface area contributed by atoms with Gasteiger partial charge in [0, 0.05) is 11.1 Å². The van der Waals surface area contributed by atoms with E-state index in [0.29, 0.717) is 10.8 Å². The molecule has 0 aliphatic rings. The first-order valence-electron chi connectivity index (χ1n) is 6.10. The van der Waals surface area contributed by atoms with E-state index in [0.717, 1.165) is 6.42 Å². The van der Waals surface area contributed by atoms with Gasteiger partial charge in [0.2, 0.25) is 0 Å². The molecule has 0 aliphatic carbocycles. The van der Waals surface area contributed by atoms with Crippen LogP contribution in [0.3, 0.4) is 0 Å². The molecular weight excluding hydrogens is 250 g/mol. The largest absolute Gasteiger partial charge is 0.478 e. The number of carbonyl (C=O) groups excluding carboxylic acids is 1. The van der Waals surface area contributed by atoms with Crippen LogP contribution in [0.1, 0.15) is 34.1 Å². The van der Waals surface area contributed by atoms with Crippen LogP contribution in [-0.2, 0) is 4.79 Å². The predicted molar refractivity (Wildman–Crippen MR) is 74.1 cm³/mol. The summed E-state index contributed by atoms with van der Waals surface area (Å²) in [6, 6.07) is 7.12. The van der Waals surface area contributed by atoms with Crippen LogP contribution in [0.4, 0.5) is 0 Å². The van der Waals surface area contributed by atoms with Crippen LogP contribution in [0.2, 0.25) is 5.02 Å². The number of hydrogen-bond acceptors (Lipinski definition) is 2. The van der Waals surface area contributed by atoms with Crippen LogP contribution >= 0.6 is 11.6 Å². The highest BCUT2D eigenvalue weighted by Gasteiger charge is 2.30. The van der Waals surface area contributed by atoms with Gasteiger partial charge in [-0.05, 0) is 51.5 Å². The predicted octanol–water partition coefficient (Wildman–Crippen LogP) is 3.41. The van der Waals surface area contributed by atoms with Gasteiger partial charge in [0.25, 0.3) is 5.91 Å². The molecule has 1 N–H and O–H groups in total. The molecule has 1 unspecified atom stereocenters. The highest BCUT2D eigenvalue weighted by atomic mass is 35.5. The molecule has 0 bridgehead atoms. The summed E-state index contributed by atoms with van der Waals surface area (Å²) in [5.41, 5.74) is -0.905. The lowest BCUT2D eigenvalue weighted by molar-refractivity contribution is -0.134. The third kappa shape index (κ3) is 4.22. The van der Waals surface area contributed by atoms with E-state index in [1.165, 1.54) is 0 Å². The van der Waals surface area contributed by atoms with Gasteiger partial charge in [-0.2, -0.15) is 0 Å². The SMILES string of the molecule is CCC(C)NC(=O)C(C)(C)Oc1ccc(Cl)cc1. The van der Waals surface area contributed by atoms with E-state index >= 15 is 0 Å². The maximum absolute atomic E-state index is 12.0. The third-order valence-corrected chi connectivity index (χ3v) is 2.98. The van der Waals surface area contributed by atoms with Gasteiger partial charge in [0.05, 0.1) is 0 Å². The number of hydrogen-bond donors (Lipinski definition) is 1. The van der Waals surface area contributed by atoms with Crippen molar-refractivity contribution in [1.82, 2.24) is 5.32 Å². The number of ether oxygens (including phenoxy) is 1. The van der Waals surface area contributed by atoms with E-state index in [9.17, 15) is 4.79 Å². The summed E-state index contributed by atoms with van der Waals surface area (Å²) in [4.78, 5) is 12.0. The molecule has 0 aliphatic heterocycles. The molecule has 0 spiro atoms. The lowest BCUT2D eigenvalue weighted by Gasteiger charge is -2.27. The van der Waals surface area contributed by atoms with Crippen molar-refractivity contribution in [3.05, 3.63) is 29.3 Å². The van der Waals surface area contributed by atoms with Crippen LogP contribution in [0.15, 0.2) is 24.3 Å². The number of nitrogens with one attached hydrogen (secondary N) is 1. The molecule has 4 heteroatoms. The van der Waals surface area contributed by atoms with Crippen LogP contribution in [0.25, 0.3) is 0 Å². The van der Waals surface area contributed by atoms with Crippen molar-refractivity contribution in [3.8, 4) is 5.75 Å². The Morgan fingerprint density at radius 3 is 2.44 bits per heavy atom. The number of amides is 1. The van der Waals surface area contributed by atoms with Crippen LogP contribution in [0, 0.1) is 0 Å². The molecular formula is C14H20ClNO2. The van der Waals surface area contributed by atoms with E-state index < -0.39 is 5.60 Å². The van der Waals surface area contributed by atoms with Gasteiger partial charge in [0.1, 0.15) is 5.75 Å². The monoisotopic (exact) mass is 269 g/mol. The summed E-state index contributed by atoms with van der Waals surface area (Å²) in [6.45, 7) is 7.49. The van der Waals surface area contributed by atoms with Gasteiger partial charge < -0.3 is 10.1 Å². The standard InChI is InChI=1S/C14H20ClNO2/c1-5-10(2)16-13(17)14(3,4)18-12-8-6-11(15)7-9-12/h6-10H,5H2,1-4H3,(H,16,17). The van der Waals surface area contributed by atoms with Crippen molar-refractivity contribution in [3.63, 3.8) is 0 Å². The lowest BCUT2D eigenvalue weighted by atomic mass is 10.1. The Balaban J connectivity index is 2.68. The molecule has 0 fully saturated rings. The Morgan fingerprint density at radius 2 is 1.94 bits per heavy atom. The van der Waals surface area contributed by atoms with Crippen molar-refractivity contribution >= 4 is 17.5 Å². The quantitative estimate of drug-likeness (QED) is 0.890. The topological polar surface area (TPSA) is 38.3 Å². The Kier molecular flexibility index (Phi) is 5.03. The van der Waals surface area contributed by atoms with Gasteiger partial charge >= 0.3 is 0 Å². The van der Waals surface area contributed by atoms with Crippen molar-refractivity contribution in [1.29, 1.82) is 0 Å². The van der Waals surface area contributed by atoms with Gasteiger partial charge in [-0.15, -0.1) is 0 Å². The Bertz CT molecular complexity index is 401. The summed E-state index contributed by atoms with van der Waals surface area (Å²) in [6.07, 6.45) is 0.892. The molecule has 1 rings (SSSR count). The number of halogens is 1. The highest BCUT2D eigenvalue weighted by Crippen LogP contribution is 2.21. The molecule has 0 saturated carbocycles. The maximum Gasteiger partial charge on any atom is 0.263 e. The zero-order chi connectivity index (χ0) is 13.8. The van der Waals surface area contributed by atoms with E-state index in [1.54, 1.807) is 38.1 Å². The van der Waals surface area contributed by atoms with Gasteiger partial charge in [-0.25, -0.2) is 0 Å². The van der Waals surface area contributed by atoms with Crippen molar-refractivity contribution < 1.29 is 9.53 Å². The van der Waals surface area contributed by atoms with E-state index in [1.807, 2.05) is 13.8 Å². The summed E-state index contributed by atoms with van der Waals surface area (Å²) in [7, 11) is 0. The molecule has 18 heavy (non-hydrogen) atoms. The minimum Gasteiger partial charge on any atom is -0.478 e. The summed E-state index contributed by atoms with van der Waals surface area (Å²) in [5.74, 6) is 0.510. The van der Waals surface area contributed by atoms with Crippen molar-refractivity contribution in [2.24, 2.45) is 0 Å². The molecule has 0 aromatic heterocycles. The molecule has 1 aromatic rings. The molecule has 100 valence electrons. The zero-order valence-corrected chi connectivity index (χ0v) is 12.0. The van der Waals surface area contributed by atoms with Crippen LogP contribution in [-0.4, -0.2) is 17.6 Å². The molecule has 1 aromatic carbocycles. The molecule has 0 radical (unpaired) electrons. The molecule has 1 atom stereocenters. The first-order valence-corrected chi connectivity index (χ1v) is 6.48. The van der Waals surface area contributed by atoms with E-state index in [4.69, 9.17) is 16.3 Å². The molecule has 0 heterocycles. The maximum atomic E-state index is 12.0. The second-order valence-corrected chi connectivity index (χ2v) is 5.29. The number of benzene rings is 1. The Hall–Kier alpha value is -1.22. The lowest BCUT2D eigenvalue weighted by Crippen LogP contribution is -2.49. The van der Waals surface area contributed by atoms with E-state index in [2.05, 4.69) is 5.32 Å². The fourth-order valence-corrected chi connectivity index (χ4v) is 1.47. The Morgan fingerprint density at radius 1 is 1.39 bits per heavy atom. The second kappa shape index (κ2) is 6.10. The summed E-state index contributed by atoms with van der Waals surface area (Å²) >= 11 is 5.80. The first kappa shape index (κ1) is 14.8. The fraction of sp³-hybridized carbons (Fsp3) is 0.500. The van der Waals surface area contributed by atoms with Crippen molar-refractivity contribution in [2.45, 2.75) is 45.8 Å².